The fraction of sp³-hybridized carbons (Fsp3) is 0.400. The van der Waals surface area contributed by atoms with Gasteiger partial charge in [-0.3, -0.25) is 4.79 Å². The Bertz CT molecular complexity index is 958. The Balaban J connectivity index is 1.40. The summed E-state index contributed by atoms with van der Waals surface area (Å²) in [5.74, 6) is 0.401. The van der Waals surface area contributed by atoms with E-state index in [9.17, 15) is 9.90 Å². The van der Waals surface area contributed by atoms with E-state index in [4.69, 9.17) is 4.42 Å². The molecule has 4 rings (SSSR count). The smallest absolute Gasteiger partial charge is 0.291 e. The lowest BCUT2D eigenvalue weighted by molar-refractivity contribution is 0.0550. The van der Waals surface area contributed by atoms with Crippen molar-refractivity contribution in [2.45, 2.75) is 57.7 Å². The number of nitrogens with one attached hydrogen (secondary N) is 2. The van der Waals surface area contributed by atoms with Gasteiger partial charge in [-0.2, -0.15) is 0 Å². The summed E-state index contributed by atoms with van der Waals surface area (Å²) < 4.78 is 5.68. The van der Waals surface area contributed by atoms with E-state index in [1.54, 1.807) is 6.07 Å². The van der Waals surface area contributed by atoms with Gasteiger partial charge in [0.15, 0.2) is 5.76 Å². The van der Waals surface area contributed by atoms with Crippen LogP contribution >= 0.6 is 0 Å². The van der Waals surface area contributed by atoms with Gasteiger partial charge in [-0.25, -0.2) is 0 Å². The standard InChI is InChI=1S/C25H30N2O3/c1-17(24(28)18-9-3-2-4-10-18)26-16-20-12-5-7-13-21(20)27-25(29)23-15-19-11-6-8-14-22(19)30-23/h5-8,11-15,17-18,24,26,28H,2-4,9-10,16H2,1H3,(H,27,29)/t17-,24+/m0/s1. The van der Waals surface area contributed by atoms with E-state index in [1.165, 1.54) is 19.3 Å². The molecule has 30 heavy (non-hydrogen) atoms. The van der Waals surface area contributed by atoms with Crippen LogP contribution in [0.5, 0.6) is 0 Å². The minimum atomic E-state index is -0.345. The summed E-state index contributed by atoms with van der Waals surface area (Å²) in [7, 11) is 0. The average Bonchev–Trinajstić information content (AvgIpc) is 3.23. The molecule has 3 N–H and O–H groups in total. The molecule has 158 valence electrons. The summed E-state index contributed by atoms with van der Waals surface area (Å²) >= 11 is 0. The summed E-state index contributed by atoms with van der Waals surface area (Å²) in [6, 6.07) is 17.1. The van der Waals surface area contributed by atoms with Crippen LogP contribution in [0.2, 0.25) is 0 Å². The Labute approximate surface area is 177 Å². The lowest BCUT2D eigenvalue weighted by atomic mass is 9.83. The normalized spacial score (nSPS) is 17.0. The number of hydrogen-bond acceptors (Lipinski definition) is 4. The molecule has 0 saturated heterocycles. The number of anilines is 1. The molecule has 2 atom stereocenters. The number of benzene rings is 2. The molecule has 5 heteroatoms. The van der Waals surface area contributed by atoms with Crippen molar-refractivity contribution in [2.24, 2.45) is 5.92 Å². The molecular weight excluding hydrogens is 376 g/mol. The van der Waals surface area contributed by atoms with E-state index in [2.05, 4.69) is 10.6 Å². The molecule has 1 saturated carbocycles. The monoisotopic (exact) mass is 406 g/mol. The van der Waals surface area contributed by atoms with Crippen LogP contribution < -0.4 is 10.6 Å². The highest BCUT2D eigenvalue weighted by molar-refractivity contribution is 6.04. The van der Waals surface area contributed by atoms with Crippen molar-refractivity contribution in [1.82, 2.24) is 5.32 Å². The van der Waals surface area contributed by atoms with Crippen LogP contribution in [-0.2, 0) is 6.54 Å². The van der Waals surface area contributed by atoms with Gasteiger partial charge in [-0.15, -0.1) is 0 Å². The van der Waals surface area contributed by atoms with E-state index in [0.717, 1.165) is 29.5 Å². The van der Waals surface area contributed by atoms with Gasteiger partial charge in [0.1, 0.15) is 5.58 Å². The number of rotatable bonds is 7. The topological polar surface area (TPSA) is 74.5 Å². The maximum absolute atomic E-state index is 12.7. The largest absolute Gasteiger partial charge is 0.451 e. The quantitative estimate of drug-likeness (QED) is 0.510. The van der Waals surface area contributed by atoms with Crippen molar-refractivity contribution < 1.29 is 14.3 Å². The summed E-state index contributed by atoms with van der Waals surface area (Å²) in [6.45, 7) is 2.61. The zero-order valence-electron chi connectivity index (χ0n) is 17.4. The Hall–Kier alpha value is -2.63. The zero-order chi connectivity index (χ0) is 20.9. The van der Waals surface area contributed by atoms with Crippen LogP contribution in [0, 0.1) is 5.92 Å². The van der Waals surface area contributed by atoms with Crippen molar-refractivity contribution >= 4 is 22.6 Å². The number of carbonyl (C=O) groups excluding carboxylic acids is 1. The first-order valence-electron chi connectivity index (χ1n) is 10.9. The Morgan fingerprint density at radius 3 is 2.63 bits per heavy atom. The Morgan fingerprint density at radius 1 is 1.10 bits per heavy atom. The van der Waals surface area contributed by atoms with E-state index in [-0.39, 0.29) is 18.1 Å². The second-order valence-electron chi connectivity index (χ2n) is 8.32. The molecule has 1 amide bonds. The summed E-state index contributed by atoms with van der Waals surface area (Å²) in [4.78, 5) is 12.7. The van der Waals surface area contributed by atoms with Crippen LogP contribution in [0.1, 0.15) is 55.1 Å². The van der Waals surface area contributed by atoms with Crippen molar-refractivity contribution in [3.8, 4) is 0 Å². The van der Waals surface area contributed by atoms with Gasteiger partial charge in [0.05, 0.1) is 6.10 Å². The van der Waals surface area contributed by atoms with Crippen LogP contribution in [-0.4, -0.2) is 23.2 Å². The van der Waals surface area contributed by atoms with E-state index in [1.807, 2.05) is 55.5 Å². The molecule has 3 aromatic rings. The fourth-order valence-corrected chi connectivity index (χ4v) is 4.35. The summed E-state index contributed by atoms with van der Waals surface area (Å²) in [5, 5.41) is 18.0. The maximum Gasteiger partial charge on any atom is 0.291 e. The third-order valence-corrected chi connectivity index (χ3v) is 6.17. The molecule has 2 aromatic carbocycles. The Morgan fingerprint density at radius 2 is 1.83 bits per heavy atom. The van der Waals surface area contributed by atoms with Crippen LogP contribution in [0.25, 0.3) is 11.0 Å². The van der Waals surface area contributed by atoms with Crippen molar-refractivity contribution in [2.75, 3.05) is 5.32 Å². The number of para-hydroxylation sites is 2. The molecule has 1 aromatic heterocycles. The molecule has 0 unspecified atom stereocenters. The fourth-order valence-electron chi connectivity index (χ4n) is 4.35. The molecule has 0 bridgehead atoms. The third-order valence-electron chi connectivity index (χ3n) is 6.17. The number of furan rings is 1. The molecule has 0 radical (unpaired) electrons. The summed E-state index contributed by atoms with van der Waals surface area (Å²) in [5.41, 5.74) is 2.42. The second kappa shape index (κ2) is 9.45. The number of fused-ring (bicyclic) bond motifs is 1. The molecule has 0 spiro atoms. The first kappa shape index (κ1) is 20.6. The second-order valence-corrected chi connectivity index (χ2v) is 8.32. The van der Waals surface area contributed by atoms with Gasteiger partial charge >= 0.3 is 0 Å². The number of amides is 1. The average molecular weight is 407 g/mol. The predicted molar refractivity (Wildman–Crippen MR) is 119 cm³/mol. The van der Waals surface area contributed by atoms with E-state index >= 15 is 0 Å². The molecular formula is C25H30N2O3. The number of hydrogen-bond donors (Lipinski definition) is 3. The predicted octanol–water partition coefficient (Wildman–Crippen LogP) is 5.10. The summed E-state index contributed by atoms with van der Waals surface area (Å²) in [6.07, 6.45) is 5.58. The Kier molecular flexibility index (Phi) is 6.50. The molecule has 1 heterocycles. The van der Waals surface area contributed by atoms with E-state index in [0.29, 0.717) is 23.8 Å². The zero-order valence-corrected chi connectivity index (χ0v) is 17.4. The molecule has 1 aliphatic rings. The lowest BCUT2D eigenvalue weighted by Gasteiger charge is -2.31. The molecule has 1 aliphatic carbocycles. The van der Waals surface area contributed by atoms with Crippen LogP contribution in [0.4, 0.5) is 5.69 Å². The van der Waals surface area contributed by atoms with Crippen LogP contribution in [0.15, 0.2) is 59.0 Å². The highest BCUT2D eigenvalue weighted by atomic mass is 16.3. The van der Waals surface area contributed by atoms with Crippen molar-refractivity contribution in [3.63, 3.8) is 0 Å². The number of aliphatic hydroxyl groups is 1. The first-order chi connectivity index (χ1) is 14.6. The van der Waals surface area contributed by atoms with Crippen molar-refractivity contribution in [1.29, 1.82) is 0 Å². The van der Waals surface area contributed by atoms with Gasteiger partial charge in [-0.05, 0) is 49.4 Å². The molecule has 0 aliphatic heterocycles. The van der Waals surface area contributed by atoms with Gasteiger partial charge < -0.3 is 20.2 Å². The van der Waals surface area contributed by atoms with Gasteiger partial charge in [0, 0.05) is 23.7 Å². The number of carbonyl (C=O) groups is 1. The molecule has 5 nitrogen and oxygen atoms in total. The van der Waals surface area contributed by atoms with Gasteiger partial charge in [-0.1, -0.05) is 55.7 Å². The van der Waals surface area contributed by atoms with Gasteiger partial charge in [0.25, 0.3) is 5.91 Å². The number of aliphatic hydroxyl groups excluding tert-OH is 1. The minimum absolute atomic E-state index is 0.00719. The lowest BCUT2D eigenvalue weighted by Crippen LogP contribution is -2.42. The maximum atomic E-state index is 12.7. The minimum Gasteiger partial charge on any atom is -0.451 e. The highest BCUT2D eigenvalue weighted by Gasteiger charge is 2.26. The SMILES string of the molecule is C[C@H](NCc1ccccc1NC(=O)c1cc2ccccc2o1)[C@@H](O)C1CCCCC1. The van der Waals surface area contributed by atoms with Gasteiger partial charge in [0.2, 0.25) is 0 Å². The molecule has 1 fully saturated rings. The first-order valence-corrected chi connectivity index (χ1v) is 10.9. The third kappa shape index (κ3) is 4.74. The van der Waals surface area contributed by atoms with Crippen molar-refractivity contribution in [3.05, 3.63) is 65.9 Å². The highest BCUT2D eigenvalue weighted by Crippen LogP contribution is 2.28. The van der Waals surface area contributed by atoms with E-state index < -0.39 is 0 Å². The van der Waals surface area contributed by atoms with Crippen LogP contribution in [0.3, 0.4) is 0 Å².